The molecule has 0 saturated heterocycles. The van der Waals surface area contributed by atoms with E-state index in [0.717, 1.165) is 0 Å². The van der Waals surface area contributed by atoms with Crippen molar-refractivity contribution in [3.8, 4) is 17.7 Å². The Balaban J connectivity index is 1.63. The van der Waals surface area contributed by atoms with Crippen LogP contribution in [-0.4, -0.2) is 56.4 Å². The van der Waals surface area contributed by atoms with Gasteiger partial charge in [0.2, 0.25) is 17.7 Å². The molecule has 2 N–H and O–H groups in total. The van der Waals surface area contributed by atoms with Gasteiger partial charge in [0, 0.05) is 31.8 Å². The van der Waals surface area contributed by atoms with Crippen LogP contribution in [0.25, 0.3) is 11.9 Å². The summed E-state index contributed by atoms with van der Waals surface area (Å²) in [5, 5.41) is 0.200. The van der Waals surface area contributed by atoms with Crippen molar-refractivity contribution in [2.75, 3.05) is 20.7 Å². The van der Waals surface area contributed by atoms with Gasteiger partial charge in [-0.1, -0.05) is 17.7 Å². The first-order valence-corrected chi connectivity index (χ1v) is 11.6. The smallest absolute Gasteiger partial charge is 0.239 e. The highest BCUT2D eigenvalue weighted by Gasteiger charge is 2.71. The molecule has 2 aromatic rings. The number of nitrogens with two attached hydrogens (primary N) is 1. The molecule has 1 fully saturated rings. The van der Waals surface area contributed by atoms with Crippen LogP contribution < -0.4 is 10.5 Å². The third kappa shape index (κ3) is 4.58. The Morgan fingerprint density at radius 3 is 2.77 bits per heavy atom. The standard InChI is InChI=1S/C24H24F2N6O2S/c1-5-6-7-34-19-13-28-17(12-29-19)16(25)9-14-8-15(20(26)30-11-14)23(2)18-10-24(18,21(33)32(3)4)35-22(27)31-23/h8-9,11-13,18H,7,10H2,1-4H3,(H2,27,31)/b16-9-/t18-,23+,24-/m0/s1. The van der Waals surface area contributed by atoms with Crippen LogP contribution >= 0.6 is 11.8 Å². The second-order valence-electron chi connectivity index (χ2n) is 8.60. The summed E-state index contributed by atoms with van der Waals surface area (Å²) in [7, 11) is 3.34. The molecule has 3 atom stereocenters. The van der Waals surface area contributed by atoms with E-state index in [1.54, 1.807) is 27.9 Å². The van der Waals surface area contributed by atoms with Gasteiger partial charge in [0.25, 0.3) is 0 Å². The molecule has 1 aliphatic carbocycles. The Morgan fingerprint density at radius 2 is 2.11 bits per heavy atom. The first kappa shape index (κ1) is 24.6. The van der Waals surface area contributed by atoms with Crippen LogP contribution in [0.3, 0.4) is 0 Å². The fourth-order valence-corrected chi connectivity index (χ4v) is 5.75. The van der Waals surface area contributed by atoms with Gasteiger partial charge in [-0.3, -0.25) is 9.79 Å². The second-order valence-corrected chi connectivity index (χ2v) is 9.95. The van der Waals surface area contributed by atoms with Crippen molar-refractivity contribution < 1.29 is 18.3 Å². The number of hydrogen-bond acceptors (Lipinski definition) is 8. The number of hydrogen-bond donors (Lipinski definition) is 1. The minimum Gasteiger partial charge on any atom is -0.463 e. The highest BCUT2D eigenvalue weighted by Crippen LogP contribution is 2.66. The van der Waals surface area contributed by atoms with Crippen molar-refractivity contribution in [1.82, 2.24) is 19.9 Å². The van der Waals surface area contributed by atoms with Crippen LogP contribution in [0.2, 0.25) is 0 Å². The fourth-order valence-electron chi connectivity index (χ4n) is 4.25. The molecule has 8 nitrogen and oxygen atoms in total. The molecule has 0 bridgehead atoms. The normalized spacial score (nSPS) is 25.0. The summed E-state index contributed by atoms with van der Waals surface area (Å²) in [5.74, 6) is 3.82. The molecule has 0 radical (unpaired) electrons. The molecule has 35 heavy (non-hydrogen) atoms. The Hall–Kier alpha value is -3.52. The van der Waals surface area contributed by atoms with Gasteiger partial charge in [-0.2, -0.15) is 4.39 Å². The zero-order valence-electron chi connectivity index (χ0n) is 19.7. The van der Waals surface area contributed by atoms with Crippen molar-refractivity contribution in [2.45, 2.75) is 30.6 Å². The molecule has 1 saturated carbocycles. The lowest BCUT2D eigenvalue weighted by atomic mass is 9.86. The van der Waals surface area contributed by atoms with Gasteiger partial charge in [0.1, 0.15) is 10.4 Å². The van der Waals surface area contributed by atoms with E-state index in [0.29, 0.717) is 12.0 Å². The minimum atomic E-state index is -1.13. The number of amidine groups is 1. The zero-order chi connectivity index (χ0) is 25.4. The highest BCUT2D eigenvalue weighted by atomic mass is 32.2. The molecule has 1 aliphatic heterocycles. The van der Waals surface area contributed by atoms with Crippen LogP contribution in [0.4, 0.5) is 8.78 Å². The molecule has 0 aromatic carbocycles. The summed E-state index contributed by atoms with van der Waals surface area (Å²) in [6, 6.07) is 1.48. The molecule has 2 aliphatic rings. The molecule has 11 heteroatoms. The summed E-state index contributed by atoms with van der Waals surface area (Å²) in [6.07, 6.45) is 5.42. The number of amides is 1. The van der Waals surface area contributed by atoms with Crippen molar-refractivity contribution in [3.05, 3.63) is 47.4 Å². The van der Waals surface area contributed by atoms with Crippen LogP contribution in [0.5, 0.6) is 5.88 Å². The number of pyridine rings is 1. The predicted molar refractivity (Wildman–Crippen MR) is 130 cm³/mol. The Morgan fingerprint density at radius 1 is 1.34 bits per heavy atom. The quantitative estimate of drug-likeness (QED) is 0.482. The number of thioether (sulfide) groups is 1. The number of ether oxygens (including phenoxy) is 1. The molecule has 3 heterocycles. The molecule has 4 rings (SSSR count). The summed E-state index contributed by atoms with van der Waals surface area (Å²) < 4.78 is 34.3. The van der Waals surface area contributed by atoms with Gasteiger partial charge in [0.15, 0.2) is 17.6 Å². The lowest BCUT2D eigenvalue weighted by molar-refractivity contribution is -0.129. The van der Waals surface area contributed by atoms with E-state index >= 15 is 0 Å². The number of nitrogens with zero attached hydrogens (tertiary/aromatic N) is 5. The van der Waals surface area contributed by atoms with E-state index in [2.05, 4.69) is 31.8 Å². The van der Waals surface area contributed by atoms with Gasteiger partial charge in [-0.15, -0.1) is 5.92 Å². The number of aliphatic imine (C=N–C) groups is 1. The van der Waals surface area contributed by atoms with Crippen molar-refractivity contribution in [2.24, 2.45) is 16.6 Å². The molecular weight excluding hydrogens is 474 g/mol. The van der Waals surface area contributed by atoms with Gasteiger partial charge in [-0.05, 0) is 38.0 Å². The number of carbonyl (C=O) groups is 1. The molecule has 0 unspecified atom stereocenters. The second kappa shape index (κ2) is 9.26. The molecule has 2 aromatic heterocycles. The van der Waals surface area contributed by atoms with E-state index in [4.69, 9.17) is 10.5 Å². The molecule has 182 valence electrons. The van der Waals surface area contributed by atoms with E-state index in [1.165, 1.54) is 47.4 Å². The lowest BCUT2D eigenvalue weighted by Gasteiger charge is -2.34. The summed E-state index contributed by atoms with van der Waals surface area (Å²) in [5.41, 5.74) is 5.38. The monoisotopic (exact) mass is 498 g/mol. The van der Waals surface area contributed by atoms with Crippen molar-refractivity contribution in [1.29, 1.82) is 0 Å². The lowest BCUT2D eigenvalue weighted by Crippen LogP contribution is -2.43. The van der Waals surface area contributed by atoms with Gasteiger partial charge in [0.05, 0.1) is 17.9 Å². The SMILES string of the molecule is CC#CCOc1cnc(/C(F)=C/c2cnc(F)c([C@@]3(C)N=C(N)S[C@@]4(C(=O)N(C)C)C[C@H]43)c2)cn1. The third-order valence-corrected chi connectivity index (χ3v) is 7.32. The van der Waals surface area contributed by atoms with Crippen LogP contribution in [-0.2, 0) is 10.3 Å². The topological polar surface area (TPSA) is 107 Å². The van der Waals surface area contributed by atoms with Gasteiger partial charge < -0.3 is 15.4 Å². The molecule has 1 amide bonds. The first-order valence-electron chi connectivity index (χ1n) is 10.7. The van der Waals surface area contributed by atoms with Crippen molar-refractivity contribution >= 4 is 34.7 Å². The summed E-state index contributed by atoms with van der Waals surface area (Å²) in [6.45, 7) is 3.57. The number of rotatable bonds is 6. The van der Waals surface area contributed by atoms with Crippen LogP contribution in [0, 0.1) is 23.7 Å². The summed E-state index contributed by atoms with van der Waals surface area (Å²) >= 11 is 1.21. The highest BCUT2D eigenvalue weighted by molar-refractivity contribution is 8.15. The largest absolute Gasteiger partial charge is 0.463 e. The van der Waals surface area contributed by atoms with Crippen molar-refractivity contribution in [3.63, 3.8) is 0 Å². The van der Waals surface area contributed by atoms with E-state index in [1.807, 2.05) is 0 Å². The Bertz CT molecular complexity index is 1290. The fraction of sp³-hybridized carbons (Fsp3) is 0.375. The third-order valence-electron chi connectivity index (χ3n) is 6.03. The minimum absolute atomic E-state index is 0.0230. The number of halogens is 2. The Kier molecular flexibility index (Phi) is 6.51. The first-order chi connectivity index (χ1) is 16.6. The van der Waals surface area contributed by atoms with E-state index < -0.39 is 22.1 Å². The molecule has 0 spiro atoms. The van der Waals surface area contributed by atoms with Crippen LogP contribution in [0.1, 0.15) is 37.1 Å². The van der Waals surface area contributed by atoms with E-state index in [-0.39, 0.29) is 40.7 Å². The maximum atomic E-state index is 15.0. The number of fused-ring (bicyclic) bond motifs is 1. The number of aromatic nitrogens is 3. The van der Waals surface area contributed by atoms with Crippen LogP contribution in [0.15, 0.2) is 29.6 Å². The van der Waals surface area contributed by atoms with E-state index in [9.17, 15) is 13.6 Å². The molecular formula is C24H24F2N6O2S. The maximum absolute atomic E-state index is 15.0. The maximum Gasteiger partial charge on any atom is 0.239 e. The predicted octanol–water partition coefficient (Wildman–Crippen LogP) is 3.00. The van der Waals surface area contributed by atoms with Gasteiger partial charge in [-0.25, -0.2) is 19.3 Å². The van der Waals surface area contributed by atoms with Gasteiger partial charge >= 0.3 is 0 Å². The average Bonchev–Trinajstić information content (AvgIpc) is 3.56. The summed E-state index contributed by atoms with van der Waals surface area (Å²) in [4.78, 5) is 30.7. The average molecular weight is 499 g/mol. The number of carbonyl (C=O) groups excluding carboxylic acids is 1. The Labute approximate surface area is 206 Å². The zero-order valence-corrected chi connectivity index (χ0v) is 20.5.